The van der Waals surface area contributed by atoms with Crippen molar-refractivity contribution in [3.8, 4) is 5.75 Å². The number of nitrogens with one attached hydrogen (secondary N) is 2. The van der Waals surface area contributed by atoms with Crippen LogP contribution >= 0.6 is 0 Å². The second-order valence-electron chi connectivity index (χ2n) is 6.97. The average molecular weight is 416 g/mol. The first-order valence-corrected chi connectivity index (χ1v) is 9.43. The molecule has 0 aliphatic heterocycles. The highest BCUT2D eigenvalue weighted by Gasteiger charge is 2.29. The molecule has 0 aliphatic carbocycles. The summed E-state index contributed by atoms with van der Waals surface area (Å²) in [4.78, 5) is 37.3. The number of esters is 1. The Morgan fingerprint density at radius 3 is 2.17 bits per heavy atom. The molecule has 2 atom stereocenters. The Hall–Kier alpha value is -3.42. The highest BCUT2D eigenvalue weighted by Crippen LogP contribution is 2.15. The zero-order chi connectivity index (χ0) is 22.3. The van der Waals surface area contributed by atoms with Crippen LogP contribution in [0.4, 0.5) is 10.1 Å². The molecule has 2 aromatic carbocycles. The van der Waals surface area contributed by atoms with E-state index in [4.69, 9.17) is 9.47 Å². The predicted octanol–water partition coefficient (Wildman–Crippen LogP) is 3.16. The third-order valence-corrected chi connectivity index (χ3v) is 4.35. The zero-order valence-corrected chi connectivity index (χ0v) is 17.3. The van der Waals surface area contributed by atoms with Gasteiger partial charge in [-0.05, 0) is 49.2 Å². The van der Waals surface area contributed by atoms with Gasteiger partial charge in [0.15, 0.2) is 6.10 Å². The molecule has 0 spiro atoms. The number of methoxy groups -OCH3 is 1. The molecule has 0 aliphatic rings. The number of halogens is 1. The summed E-state index contributed by atoms with van der Waals surface area (Å²) in [5, 5.41) is 5.00. The van der Waals surface area contributed by atoms with Crippen LogP contribution in [0.25, 0.3) is 0 Å². The van der Waals surface area contributed by atoms with Crippen molar-refractivity contribution in [1.29, 1.82) is 0 Å². The number of carbonyl (C=O) groups excluding carboxylic acids is 3. The molecule has 2 amide bonds. The summed E-state index contributed by atoms with van der Waals surface area (Å²) < 4.78 is 24.0. The molecule has 0 bridgehead atoms. The summed E-state index contributed by atoms with van der Waals surface area (Å²) >= 11 is 0. The molecule has 0 aromatic heterocycles. The minimum absolute atomic E-state index is 0.0152. The van der Waals surface area contributed by atoms with Gasteiger partial charge in [-0.1, -0.05) is 26.0 Å². The number of carbonyl (C=O) groups is 3. The fourth-order valence-electron chi connectivity index (χ4n) is 2.56. The van der Waals surface area contributed by atoms with Gasteiger partial charge in [-0.3, -0.25) is 9.59 Å². The van der Waals surface area contributed by atoms with Gasteiger partial charge in [0, 0.05) is 5.56 Å². The van der Waals surface area contributed by atoms with Gasteiger partial charge in [0.1, 0.15) is 17.6 Å². The van der Waals surface area contributed by atoms with Crippen molar-refractivity contribution in [2.75, 3.05) is 12.4 Å². The van der Waals surface area contributed by atoms with Crippen LogP contribution in [0.1, 0.15) is 31.1 Å². The molecule has 7 nitrogen and oxygen atoms in total. The third-order valence-electron chi connectivity index (χ3n) is 4.35. The van der Waals surface area contributed by atoms with Crippen molar-refractivity contribution in [2.45, 2.75) is 32.9 Å². The van der Waals surface area contributed by atoms with Crippen LogP contribution in [0.2, 0.25) is 0 Å². The summed E-state index contributed by atoms with van der Waals surface area (Å²) in [5.74, 6) is -2.20. The number of hydrogen-bond donors (Lipinski definition) is 2. The number of benzene rings is 2. The standard InChI is InChI=1S/C22H25FN2O5/c1-13(2)19(25-21(27)15-9-11-16(29-4)12-10-15)22(28)30-14(3)20(26)24-18-8-6-5-7-17(18)23/h5-14,19H,1-4H3,(H,24,26)(H,25,27)/t14-,19+/m1/s1. The van der Waals surface area contributed by atoms with Gasteiger partial charge in [0.05, 0.1) is 12.8 Å². The number of ether oxygens (including phenoxy) is 2. The Labute approximate surface area is 174 Å². The Morgan fingerprint density at radius 1 is 0.967 bits per heavy atom. The topological polar surface area (TPSA) is 93.7 Å². The number of rotatable bonds is 8. The second kappa shape index (κ2) is 10.4. The molecule has 0 radical (unpaired) electrons. The first-order chi connectivity index (χ1) is 14.2. The van der Waals surface area contributed by atoms with Crippen LogP contribution in [0.5, 0.6) is 5.75 Å². The van der Waals surface area contributed by atoms with Crippen molar-refractivity contribution in [3.63, 3.8) is 0 Å². The van der Waals surface area contributed by atoms with Crippen LogP contribution in [0.15, 0.2) is 48.5 Å². The number of anilines is 1. The second-order valence-corrected chi connectivity index (χ2v) is 6.97. The van der Waals surface area contributed by atoms with E-state index in [1.807, 2.05) is 0 Å². The van der Waals surface area contributed by atoms with Crippen LogP contribution in [0, 0.1) is 11.7 Å². The van der Waals surface area contributed by atoms with Crippen LogP contribution < -0.4 is 15.4 Å². The first-order valence-electron chi connectivity index (χ1n) is 9.43. The molecule has 0 heterocycles. The molecular formula is C22H25FN2O5. The zero-order valence-electron chi connectivity index (χ0n) is 17.3. The summed E-state index contributed by atoms with van der Waals surface area (Å²) in [7, 11) is 1.52. The molecule has 30 heavy (non-hydrogen) atoms. The lowest BCUT2D eigenvalue weighted by Crippen LogP contribution is -2.47. The maximum Gasteiger partial charge on any atom is 0.329 e. The van der Waals surface area contributed by atoms with E-state index in [0.717, 1.165) is 0 Å². The van der Waals surface area contributed by atoms with E-state index in [2.05, 4.69) is 10.6 Å². The molecule has 2 rings (SSSR count). The van der Waals surface area contributed by atoms with Gasteiger partial charge >= 0.3 is 5.97 Å². The molecule has 2 aromatic rings. The Bertz CT molecular complexity index is 899. The fraction of sp³-hybridized carbons (Fsp3) is 0.318. The van der Waals surface area contributed by atoms with Crippen LogP contribution in [-0.2, 0) is 14.3 Å². The average Bonchev–Trinajstić information content (AvgIpc) is 2.73. The molecule has 0 unspecified atom stereocenters. The summed E-state index contributed by atoms with van der Waals surface area (Å²) in [6.45, 7) is 4.85. The Balaban J connectivity index is 2.00. The van der Waals surface area contributed by atoms with Crippen LogP contribution in [-0.4, -0.2) is 37.0 Å². The summed E-state index contributed by atoms with van der Waals surface area (Å²) in [6, 6.07) is 11.1. The van der Waals surface area contributed by atoms with Crippen molar-refractivity contribution < 1.29 is 28.2 Å². The van der Waals surface area contributed by atoms with Gasteiger partial charge in [0.25, 0.3) is 11.8 Å². The van der Waals surface area contributed by atoms with Crippen LogP contribution in [0.3, 0.4) is 0 Å². The fourth-order valence-corrected chi connectivity index (χ4v) is 2.56. The molecular weight excluding hydrogens is 391 g/mol. The quantitative estimate of drug-likeness (QED) is 0.645. The van der Waals surface area contributed by atoms with Gasteiger partial charge in [-0.25, -0.2) is 9.18 Å². The predicted molar refractivity (Wildman–Crippen MR) is 110 cm³/mol. The number of hydrogen-bond acceptors (Lipinski definition) is 5. The molecule has 2 N–H and O–H groups in total. The van der Waals surface area contributed by atoms with E-state index in [9.17, 15) is 18.8 Å². The molecule has 8 heteroatoms. The highest BCUT2D eigenvalue weighted by atomic mass is 19.1. The van der Waals surface area contributed by atoms with Gasteiger partial charge in [-0.2, -0.15) is 0 Å². The van der Waals surface area contributed by atoms with E-state index >= 15 is 0 Å². The largest absolute Gasteiger partial charge is 0.497 e. The Kier molecular flexibility index (Phi) is 7.91. The monoisotopic (exact) mass is 416 g/mol. The minimum atomic E-state index is -1.18. The highest BCUT2D eigenvalue weighted by molar-refractivity contribution is 5.98. The molecule has 0 saturated heterocycles. The number of amides is 2. The van der Waals surface area contributed by atoms with E-state index in [1.165, 1.54) is 32.2 Å². The third kappa shape index (κ3) is 6.04. The van der Waals surface area contributed by atoms with Crippen molar-refractivity contribution in [2.24, 2.45) is 5.92 Å². The lowest BCUT2D eigenvalue weighted by atomic mass is 10.0. The molecule has 0 fully saturated rings. The van der Waals surface area contributed by atoms with Gasteiger partial charge < -0.3 is 20.1 Å². The maximum absolute atomic E-state index is 13.7. The minimum Gasteiger partial charge on any atom is -0.497 e. The maximum atomic E-state index is 13.7. The van der Waals surface area contributed by atoms with Gasteiger partial charge in [0.2, 0.25) is 0 Å². The van der Waals surface area contributed by atoms with Gasteiger partial charge in [-0.15, -0.1) is 0 Å². The summed E-state index contributed by atoms with van der Waals surface area (Å²) in [5.41, 5.74) is 0.332. The molecule has 160 valence electrons. The van der Waals surface area contributed by atoms with E-state index < -0.39 is 35.7 Å². The molecule has 0 saturated carbocycles. The van der Waals surface area contributed by atoms with E-state index in [0.29, 0.717) is 11.3 Å². The lowest BCUT2D eigenvalue weighted by Gasteiger charge is -2.23. The normalized spacial score (nSPS) is 12.6. The first kappa shape index (κ1) is 22.9. The van der Waals surface area contributed by atoms with E-state index in [-0.39, 0.29) is 11.6 Å². The van der Waals surface area contributed by atoms with Crippen molar-refractivity contribution in [3.05, 3.63) is 59.9 Å². The van der Waals surface area contributed by atoms with E-state index in [1.54, 1.807) is 44.2 Å². The van der Waals surface area contributed by atoms with Crippen molar-refractivity contribution in [1.82, 2.24) is 5.32 Å². The SMILES string of the molecule is COc1ccc(C(=O)N[C@H](C(=O)O[C@H](C)C(=O)Nc2ccccc2F)C(C)C)cc1. The summed E-state index contributed by atoms with van der Waals surface area (Å²) in [6.07, 6.45) is -1.18. The van der Waals surface area contributed by atoms with Crippen molar-refractivity contribution >= 4 is 23.5 Å². The number of para-hydroxylation sites is 1. The smallest absolute Gasteiger partial charge is 0.329 e. The lowest BCUT2D eigenvalue weighted by molar-refractivity contribution is -0.156. The Morgan fingerprint density at radius 2 is 1.60 bits per heavy atom.